The zero-order chi connectivity index (χ0) is 10.8. The molecule has 0 N–H and O–H groups in total. The molecule has 0 amide bonds. The van der Waals surface area contributed by atoms with E-state index in [4.69, 9.17) is 5.26 Å². The maximum atomic E-state index is 8.96. The lowest BCUT2D eigenvalue weighted by Gasteiger charge is -2.06. The molecular weight excluding hydrogens is 188 g/mol. The van der Waals surface area contributed by atoms with Gasteiger partial charge < -0.3 is 4.57 Å². The fourth-order valence-corrected chi connectivity index (χ4v) is 1.65. The molecular formula is C11H12N4. The average molecular weight is 200 g/mol. The minimum absolute atomic E-state index is 0.530. The van der Waals surface area contributed by atoms with E-state index in [0.29, 0.717) is 11.5 Å². The van der Waals surface area contributed by atoms with Crippen molar-refractivity contribution >= 4 is 11.0 Å². The summed E-state index contributed by atoms with van der Waals surface area (Å²) in [6, 6.07) is 2.16. The third-order valence-corrected chi connectivity index (χ3v) is 2.22. The third-order valence-electron chi connectivity index (χ3n) is 2.22. The zero-order valence-corrected chi connectivity index (χ0v) is 8.81. The van der Waals surface area contributed by atoms with Crippen LogP contribution in [0.15, 0.2) is 18.7 Å². The topological polar surface area (TPSA) is 54.5 Å². The van der Waals surface area contributed by atoms with Gasteiger partial charge in [0.05, 0.1) is 10.9 Å². The molecule has 0 aliphatic carbocycles. The van der Waals surface area contributed by atoms with E-state index in [1.165, 1.54) is 6.33 Å². The van der Waals surface area contributed by atoms with Crippen molar-refractivity contribution in [3.8, 4) is 6.07 Å². The van der Waals surface area contributed by atoms with Crippen LogP contribution in [0.25, 0.3) is 11.0 Å². The summed E-state index contributed by atoms with van der Waals surface area (Å²) in [6.45, 7) is 5.15. The standard InChI is InChI=1S/C11H12N4/c1-8(2)5-15-6-9(3-12)10-4-13-7-14-11(10)15/h4,6-8H,5H2,1-2H3. The summed E-state index contributed by atoms with van der Waals surface area (Å²) >= 11 is 0. The molecule has 0 saturated heterocycles. The predicted molar refractivity (Wildman–Crippen MR) is 57.1 cm³/mol. The molecule has 0 aromatic carbocycles. The van der Waals surface area contributed by atoms with Gasteiger partial charge in [0.2, 0.25) is 0 Å². The van der Waals surface area contributed by atoms with Crippen LogP contribution in [0.2, 0.25) is 0 Å². The minimum Gasteiger partial charge on any atom is -0.331 e. The minimum atomic E-state index is 0.530. The van der Waals surface area contributed by atoms with Gasteiger partial charge in [0.15, 0.2) is 0 Å². The monoisotopic (exact) mass is 200 g/mol. The van der Waals surface area contributed by atoms with Crippen LogP contribution in [0.5, 0.6) is 0 Å². The number of hydrogen-bond acceptors (Lipinski definition) is 3. The van der Waals surface area contributed by atoms with E-state index in [-0.39, 0.29) is 0 Å². The highest BCUT2D eigenvalue weighted by molar-refractivity contribution is 5.82. The number of hydrogen-bond donors (Lipinski definition) is 0. The smallest absolute Gasteiger partial charge is 0.144 e. The van der Waals surface area contributed by atoms with E-state index in [9.17, 15) is 0 Å². The van der Waals surface area contributed by atoms with Crippen molar-refractivity contribution in [2.75, 3.05) is 0 Å². The molecule has 0 bridgehead atoms. The van der Waals surface area contributed by atoms with Crippen LogP contribution in [-0.2, 0) is 6.54 Å². The van der Waals surface area contributed by atoms with Gasteiger partial charge in [0, 0.05) is 18.9 Å². The molecule has 4 heteroatoms. The third kappa shape index (κ3) is 1.68. The number of nitrogens with zero attached hydrogens (tertiary/aromatic N) is 4. The van der Waals surface area contributed by atoms with Crippen LogP contribution in [0.4, 0.5) is 0 Å². The molecule has 0 atom stereocenters. The SMILES string of the molecule is CC(C)Cn1cc(C#N)c2cncnc21. The Morgan fingerprint density at radius 3 is 3.00 bits per heavy atom. The molecule has 0 spiro atoms. The Hall–Kier alpha value is -1.89. The second-order valence-electron chi connectivity index (χ2n) is 3.96. The highest BCUT2D eigenvalue weighted by Gasteiger charge is 2.09. The van der Waals surface area contributed by atoms with Crippen molar-refractivity contribution in [1.29, 1.82) is 5.26 Å². The van der Waals surface area contributed by atoms with E-state index in [0.717, 1.165) is 17.6 Å². The maximum absolute atomic E-state index is 8.96. The van der Waals surface area contributed by atoms with Crippen LogP contribution in [0.3, 0.4) is 0 Å². The van der Waals surface area contributed by atoms with Gasteiger partial charge in [0.1, 0.15) is 18.0 Å². The zero-order valence-electron chi connectivity index (χ0n) is 8.81. The van der Waals surface area contributed by atoms with E-state index in [2.05, 4.69) is 29.9 Å². The van der Waals surface area contributed by atoms with Crippen LogP contribution >= 0.6 is 0 Å². The van der Waals surface area contributed by atoms with E-state index < -0.39 is 0 Å². The van der Waals surface area contributed by atoms with Crippen molar-refractivity contribution in [1.82, 2.24) is 14.5 Å². The second kappa shape index (κ2) is 3.70. The summed E-state index contributed by atoms with van der Waals surface area (Å²) in [6.07, 6.45) is 5.05. The molecule has 76 valence electrons. The lowest BCUT2D eigenvalue weighted by Crippen LogP contribution is -2.03. The van der Waals surface area contributed by atoms with Crippen molar-refractivity contribution in [2.24, 2.45) is 5.92 Å². The van der Waals surface area contributed by atoms with Crippen molar-refractivity contribution in [2.45, 2.75) is 20.4 Å². The number of fused-ring (bicyclic) bond motifs is 1. The van der Waals surface area contributed by atoms with Gasteiger partial charge in [-0.15, -0.1) is 0 Å². The Kier molecular flexibility index (Phi) is 2.38. The van der Waals surface area contributed by atoms with Gasteiger partial charge >= 0.3 is 0 Å². The van der Waals surface area contributed by atoms with Crippen molar-refractivity contribution < 1.29 is 0 Å². The van der Waals surface area contributed by atoms with E-state index in [1.54, 1.807) is 6.20 Å². The van der Waals surface area contributed by atoms with Gasteiger partial charge in [-0.1, -0.05) is 13.8 Å². The number of aromatic nitrogens is 3. The first-order chi connectivity index (χ1) is 7.22. The molecule has 0 saturated carbocycles. The second-order valence-corrected chi connectivity index (χ2v) is 3.96. The molecule has 0 radical (unpaired) electrons. The molecule has 2 rings (SSSR count). The normalized spacial score (nSPS) is 10.8. The van der Waals surface area contributed by atoms with Crippen LogP contribution in [0, 0.1) is 17.2 Å². The summed E-state index contributed by atoms with van der Waals surface area (Å²) in [7, 11) is 0. The first kappa shape index (κ1) is 9.66. The summed E-state index contributed by atoms with van der Waals surface area (Å²) in [4.78, 5) is 8.14. The van der Waals surface area contributed by atoms with Gasteiger partial charge in [-0.05, 0) is 5.92 Å². The predicted octanol–water partition coefficient (Wildman–Crippen LogP) is 1.96. The molecule has 15 heavy (non-hydrogen) atoms. The van der Waals surface area contributed by atoms with Crippen LogP contribution in [-0.4, -0.2) is 14.5 Å². The van der Waals surface area contributed by atoms with Crippen LogP contribution < -0.4 is 0 Å². The molecule has 0 aliphatic heterocycles. The lowest BCUT2D eigenvalue weighted by atomic mass is 10.2. The molecule has 0 unspecified atom stereocenters. The number of rotatable bonds is 2. The van der Waals surface area contributed by atoms with Gasteiger partial charge in [-0.3, -0.25) is 0 Å². The van der Waals surface area contributed by atoms with E-state index in [1.807, 2.05) is 10.8 Å². The van der Waals surface area contributed by atoms with Gasteiger partial charge in [0.25, 0.3) is 0 Å². The number of nitriles is 1. The Labute approximate surface area is 88.2 Å². The van der Waals surface area contributed by atoms with Crippen molar-refractivity contribution in [3.63, 3.8) is 0 Å². The van der Waals surface area contributed by atoms with Gasteiger partial charge in [-0.25, -0.2) is 9.97 Å². The Morgan fingerprint density at radius 2 is 2.33 bits per heavy atom. The molecule has 2 heterocycles. The molecule has 0 fully saturated rings. The highest BCUT2D eigenvalue weighted by Crippen LogP contribution is 2.18. The largest absolute Gasteiger partial charge is 0.331 e. The Bertz CT molecular complexity index is 519. The van der Waals surface area contributed by atoms with Crippen molar-refractivity contribution in [3.05, 3.63) is 24.3 Å². The summed E-state index contributed by atoms with van der Waals surface area (Å²) < 4.78 is 2.01. The maximum Gasteiger partial charge on any atom is 0.144 e. The van der Waals surface area contributed by atoms with Gasteiger partial charge in [-0.2, -0.15) is 5.26 Å². The Morgan fingerprint density at radius 1 is 1.53 bits per heavy atom. The molecule has 2 aromatic heterocycles. The summed E-state index contributed by atoms with van der Waals surface area (Å²) in [5, 5.41) is 9.80. The Balaban J connectivity index is 2.61. The lowest BCUT2D eigenvalue weighted by molar-refractivity contribution is 0.532. The quantitative estimate of drug-likeness (QED) is 0.744. The first-order valence-corrected chi connectivity index (χ1v) is 4.91. The molecule has 4 nitrogen and oxygen atoms in total. The fraction of sp³-hybridized carbons (Fsp3) is 0.364. The average Bonchev–Trinajstić information content (AvgIpc) is 2.56. The van der Waals surface area contributed by atoms with Crippen LogP contribution in [0.1, 0.15) is 19.4 Å². The first-order valence-electron chi connectivity index (χ1n) is 4.91. The summed E-state index contributed by atoms with van der Waals surface area (Å²) in [5.41, 5.74) is 1.49. The molecule has 0 aliphatic rings. The molecule has 2 aromatic rings. The van der Waals surface area contributed by atoms with E-state index >= 15 is 0 Å². The highest BCUT2D eigenvalue weighted by atomic mass is 15.0. The fourth-order valence-electron chi connectivity index (χ4n) is 1.65. The summed E-state index contributed by atoms with van der Waals surface area (Å²) in [5.74, 6) is 0.530.